The first kappa shape index (κ1) is 17.5. The highest BCUT2D eigenvalue weighted by Gasteiger charge is 2.27. The minimum atomic E-state index is -0.790. The van der Waals surface area contributed by atoms with Crippen molar-refractivity contribution in [1.82, 2.24) is 9.88 Å². The largest absolute Gasteiger partial charge is 0.481 e. The van der Waals surface area contributed by atoms with E-state index in [0.717, 1.165) is 48.7 Å². The lowest BCUT2D eigenvalue weighted by molar-refractivity contribution is -0.139. The summed E-state index contributed by atoms with van der Waals surface area (Å²) in [6, 6.07) is 6.27. The maximum Gasteiger partial charge on any atom is 0.303 e. The van der Waals surface area contributed by atoms with Gasteiger partial charge in [-0.3, -0.25) is 9.59 Å². The number of nitrogens with one attached hydrogen (secondary N) is 1. The topological polar surface area (TPSA) is 73.4 Å². The van der Waals surface area contributed by atoms with E-state index in [1.165, 1.54) is 5.56 Å². The van der Waals surface area contributed by atoms with Gasteiger partial charge in [-0.05, 0) is 43.2 Å². The molecule has 1 aromatic heterocycles. The Bertz CT molecular complexity index is 765. The number of aryl methyl sites for hydroxylation is 1. The molecule has 0 spiro atoms. The summed E-state index contributed by atoms with van der Waals surface area (Å²) in [5.41, 5.74) is 3.40. The zero-order valence-electron chi connectivity index (χ0n) is 14.8. The molecule has 0 aliphatic carbocycles. The summed E-state index contributed by atoms with van der Waals surface area (Å²) < 4.78 is 0. The van der Waals surface area contributed by atoms with Gasteiger partial charge in [0.1, 0.15) is 0 Å². The van der Waals surface area contributed by atoms with Gasteiger partial charge in [-0.2, -0.15) is 0 Å². The number of nitrogens with zero attached hydrogens (tertiary/aromatic N) is 1. The van der Waals surface area contributed by atoms with Crippen molar-refractivity contribution in [2.75, 3.05) is 6.54 Å². The molecule has 0 saturated carbocycles. The number of carboxylic acids is 1. The molecule has 1 fully saturated rings. The molecule has 5 nitrogen and oxygen atoms in total. The highest BCUT2D eigenvalue weighted by molar-refractivity contribution is 5.90. The number of carboxylic acid groups (broad SMARTS) is 1. The Hall–Kier alpha value is -2.30. The Morgan fingerprint density at radius 1 is 1.28 bits per heavy atom. The number of carbonyl (C=O) groups is 2. The number of piperidine rings is 1. The van der Waals surface area contributed by atoms with Gasteiger partial charge >= 0.3 is 5.97 Å². The zero-order valence-corrected chi connectivity index (χ0v) is 14.8. The van der Waals surface area contributed by atoms with Crippen LogP contribution >= 0.6 is 0 Å². The highest BCUT2D eigenvalue weighted by Crippen LogP contribution is 2.25. The van der Waals surface area contributed by atoms with E-state index in [-0.39, 0.29) is 18.4 Å². The van der Waals surface area contributed by atoms with Gasteiger partial charge in [-0.1, -0.05) is 25.1 Å². The fraction of sp³-hybridized carbons (Fsp3) is 0.500. The van der Waals surface area contributed by atoms with Crippen LogP contribution in [0.25, 0.3) is 10.9 Å². The quantitative estimate of drug-likeness (QED) is 0.843. The number of H-pyrrole nitrogens is 1. The average molecular weight is 342 g/mol. The van der Waals surface area contributed by atoms with E-state index in [1.807, 2.05) is 17.2 Å². The van der Waals surface area contributed by atoms with Crippen molar-refractivity contribution in [2.45, 2.75) is 57.9 Å². The standard InChI is InChI=1S/C20H26N2O3/c1-2-14-6-5-8-17-15(13-21-20(14)17)12-18(23)22-11-4-3-7-16(22)9-10-19(24)25/h5-6,8,13,16,21H,2-4,7,9-12H2,1H3,(H,24,25). The van der Waals surface area contributed by atoms with Crippen LogP contribution in [0.3, 0.4) is 0 Å². The molecule has 1 aliphatic heterocycles. The van der Waals surface area contributed by atoms with Crippen LogP contribution in [0.1, 0.15) is 50.2 Å². The minimum absolute atomic E-state index is 0.0637. The second-order valence-electron chi connectivity index (χ2n) is 6.85. The molecule has 1 unspecified atom stereocenters. The number of carbonyl (C=O) groups excluding carboxylic acids is 1. The van der Waals surface area contributed by atoms with E-state index < -0.39 is 5.97 Å². The Kier molecular flexibility index (Phi) is 5.41. The number of rotatable bonds is 6. The molecule has 5 heteroatoms. The number of hydrogen-bond acceptors (Lipinski definition) is 2. The molecule has 1 aromatic carbocycles. The number of para-hydroxylation sites is 1. The van der Waals surface area contributed by atoms with E-state index in [0.29, 0.717) is 12.8 Å². The molecule has 3 rings (SSSR count). The molecule has 25 heavy (non-hydrogen) atoms. The van der Waals surface area contributed by atoms with Crippen molar-refractivity contribution in [1.29, 1.82) is 0 Å². The van der Waals surface area contributed by atoms with Crippen LogP contribution < -0.4 is 0 Å². The molecule has 1 saturated heterocycles. The predicted molar refractivity (Wildman–Crippen MR) is 97.6 cm³/mol. The summed E-state index contributed by atoms with van der Waals surface area (Å²) in [6.07, 6.45) is 6.93. The van der Waals surface area contributed by atoms with Crippen LogP contribution in [0.5, 0.6) is 0 Å². The molecule has 1 aliphatic rings. The molecule has 1 atom stereocenters. The SMILES string of the molecule is CCc1cccc2c(CC(=O)N3CCCCC3CCC(=O)O)c[nH]c12. The van der Waals surface area contributed by atoms with Crippen LogP contribution in [-0.2, 0) is 22.4 Å². The van der Waals surface area contributed by atoms with E-state index in [2.05, 4.69) is 24.0 Å². The third-order valence-electron chi connectivity index (χ3n) is 5.25. The molecule has 134 valence electrons. The van der Waals surface area contributed by atoms with E-state index in [9.17, 15) is 9.59 Å². The molecule has 1 amide bonds. The maximum atomic E-state index is 12.9. The highest BCUT2D eigenvalue weighted by atomic mass is 16.4. The molecule has 0 radical (unpaired) electrons. The fourth-order valence-electron chi connectivity index (χ4n) is 3.90. The maximum absolute atomic E-state index is 12.9. The van der Waals surface area contributed by atoms with Gasteiger partial charge in [-0.25, -0.2) is 0 Å². The summed E-state index contributed by atoms with van der Waals surface area (Å²) in [5.74, 6) is -0.681. The molecule has 2 heterocycles. The van der Waals surface area contributed by atoms with Gasteiger partial charge in [0.2, 0.25) is 5.91 Å². The fourth-order valence-corrected chi connectivity index (χ4v) is 3.90. The Morgan fingerprint density at radius 2 is 2.12 bits per heavy atom. The number of amides is 1. The summed E-state index contributed by atoms with van der Waals surface area (Å²) in [7, 11) is 0. The zero-order chi connectivity index (χ0) is 17.8. The number of benzene rings is 1. The normalized spacial score (nSPS) is 17.8. The first-order valence-electron chi connectivity index (χ1n) is 9.19. The second-order valence-corrected chi connectivity index (χ2v) is 6.85. The van der Waals surface area contributed by atoms with Crippen LogP contribution in [0.15, 0.2) is 24.4 Å². The van der Waals surface area contributed by atoms with Gasteiger partial charge in [0.25, 0.3) is 0 Å². The third-order valence-corrected chi connectivity index (χ3v) is 5.25. The van der Waals surface area contributed by atoms with Crippen LogP contribution in [-0.4, -0.2) is 39.5 Å². The summed E-state index contributed by atoms with van der Waals surface area (Å²) >= 11 is 0. The average Bonchev–Trinajstić information content (AvgIpc) is 3.03. The van der Waals surface area contributed by atoms with Crippen molar-refractivity contribution in [3.05, 3.63) is 35.5 Å². The lowest BCUT2D eigenvalue weighted by Crippen LogP contribution is -2.44. The number of hydrogen-bond donors (Lipinski definition) is 2. The number of aliphatic carboxylic acids is 1. The smallest absolute Gasteiger partial charge is 0.303 e. The molecule has 2 aromatic rings. The van der Waals surface area contributed by atoms with Crippen molar-refractivity contribution in [2.24, 2.45) is 0 Å². The number of aromatic nitrogens is 1. The molecule has 2 N–H and O–H groups in total. The monoisotopic (exact) mass is 342 g/mol. The van der Waals surface area contributed by atoms with E-state index in [1.54, 1.807) is 0 Å². The molecule has 0 bridgehead atoms. The number of aromatic amines is 1. The Labute approximate surface area is 148 Å². The summed E-state index contributed by atoms with van der Waals surface area (Å²) in [6.45, 7) is 2.87. The molecular weight excluding hydrogens is 316 g/mol. The van der Waals surface area contributed by atoms with Crippen molar-refractivity contribution >= 4 is 22.8 Å². The van der Waals surface area contributed by atoms with Crippen LogP contribution in [0.4, 0.5) is 0 Å². The Morgan fingerprint density at radius 3 is 2.88 bits per heavy atom. The summed E-state index contributed by atoms with van der Waals surface area (Å²) in [4.78, 5) is 29.0. The third kappa shape index (κ3) is 3.86. The van der Waals surface area contributed by atoms with Crippen molar-refractivity contribution < 1.29 is 14.7 Å². The van der Waals surface area contributed by atoms with Gasteiger partial charge in [-0.15, -0.1) is 0 Å². The first-order chi connectivity index (χ1) is 12.1. The minimum Gasteiger partial charge on any atom is -0.481 e. The van der Waals surface area contributed by atoms with Gasteiger partial charge in [0.05, 0.1) is 6.42 Å². The lowest BCUT2D eigenvalue weighted by Gasteiger charge is -2.35. The van der Waals surface area contributed by atoms with Crippen LogP contribution in [0, 0.1) is 0 Å². The van der Waals surface area contributed by atoms with Crippen molar-refractivity contribution in [3.8, 4) is 0 Å². The number of fused-ring (bicyclic) bond motifs is 1. The first-order valence-corrected chi connectivity index (χ1v) is 9.19. The van der Waals surface area contributed by atoms with E-state index in [4.69, 9.17) is 5.11 Å². The lowest BCUT2D eigenvalue weighted by atomic mass is 9.96. The summed E-state index contributed by atoms with van der Waals surface area (Å²) in [5, 5.41) is 10.1. The van der Waals surface area contributed by atoms with Crippen molar-refractivity contribution in [3.63, 3.8) is 0 Å². The van der Waals surface area contributed by atoms with Gasteiger partial charge in [0, 0.05) is 36.1 Å². The predicted octanol–water partition coefficient (Wildman–Crippen LogP) is 3.52. The van der Waals surface area contributed by atoms with Gasteiger partial charge < -0.3 is 15.0 Å². The number of likely N-dealkylation sites (tertiary alicyclic amines) is 1. The Balaban J connectivity index is 1.75. The second kappa shape index (κ2) is 7.72. The van der Waals surface area contributed by atoms with Crippen LogP contribution in [0.2, 0.25) is 0 Å². The van der Waals surface area contributed by atoms with Gasteiger partial charge in [0.15, 0.2) is 0 Å². The van der Waals surface area contributed by atoms with E-state index >= 15 is 0 Å². The molecular formula is C20H26N2O3.